The standard InChI is InChI=1S/C30H45N3O6Si/c1-6-22-21-33-17-14-23(22)19-28(33)29(25-13-16-31-27-12-11-24(35-5)20-26(25)27)39-30(34)32-15-10-18-40(36-7-2,37-8-3)38-9-4/h6,11-13,16,20,22-23,28-29H,1,7-10,14-15,17-19,21H2,2-5H3,(H,32,34)/t22?,23?,28?,29-/m1/s1. The summed E-state index contributed by atoms with van der Waals surface area (Å²) in [6, 6.07) is 8.50. The minimum absolute atomic E-state index is 0.0754. The zero-order valence-electron chi connectivity index (χ0n) is 24.4. The largest absolute Gasteiger partial charge is 0.500 e. The Bertz CT molecular complexity index is 1120. The molecule has 2 aromatic rings. The van der Waals surface area contributed by atoms with Crippen molar-refractivity contribution in [1.82, 2.24) is 15.2 Å². The maximum Gasteiger partial charge on any atom is 0.500 e. The van der Waals surface area contributed by atoms with E-state index in [2.05, 4.69) is 27.9 Å². The van der Waals surface area contributed by atoms with Crippen molar-refractivity contribution in [3.05, 3.63) is 48.7 Å². The summed E-state index contributed by atoms with van der Waals surface area (Å²) in [4.78, 5) is 20.3. The van der Waals surface area contributed by atoms with Gasteiger partial charge < -0.3 is 28.1 Å². The van der Waals surface area contributed by atoms with Crippen LogP contribution in [0.3, 0.4) is 0 Å². The van der Waals surface area contributed by atoms with Crippen LogP contribution in [0.25, 0.3) is 10.9 Å². The van der Waals surface area contributed by atoms with Gasteiger partial charge in [0.2, 0.25) is 0 Å². The van der Waals surface area contributed by atoms with Crippen molar-refractivity contribution in [2.75, 3.05) is 46.6 Å². The molecule has 1 aromatic carbocycles. The fourth-order valence-corrected chi connectivity index (χ4v) is 8.83. The molecule has 4 unspecified atom stereocenters. The van der Waals surface area contributed by atoms with Crippen LogP contribution in [0.15, 0.2) is 43.1 Å². The van der Waals surface area contributed by atoms with Gasteiger partial charge in [0.1, 0.15) is 11.9 Å². The van der Waals surface area contributed by atoms with Gasteiger partial charge >= 0.3 is 14.9 Å². The van der Waals surface area contributed by atoms with Crippen LogP contribution in [-0.2, 0) is 18.0 Å². The Kier molecular flexibility index (Phi) is 11.0. The van der Waals surface area contributed by atoms with Gasteiger partial charge in [0.15, 0.2) is 0 Å². The van der Waals surface area contributed by atoms with Crippen molar-refractivity contribution in [2.24, 2.45) is 11.8 Å². The highest BCUT2D eigenvalue weighted by atomic mass is 28.4. The molecule has 220 valence electrons. The number of piperidine rings is 3. The van der Waals surface area contributed by atoms with Gasteiger partial charge in [-0.1, -0.05) is 6.08 Å². The number of methoxy groups -OCH3 is 1. The quantitative estimate of drug-likeness (QED) is 0.174. The van der Waals surface area contributed by atoms with Gasteiger partial charge in [0.05, 0.1) is 18.7 Å². The van der Waals surface area contributed by atoms with Crippen molar-refractivity contribution in [2.45, 2.75) is 58.2 Å². The molecule has 5 atom stereocenters. The number of pyridine rings is 1. The average Bonchev–Trinajstić information content (AvgIpc) is 2.98. The van der Waals surface area contributed by atoms with E-state index in [0.29, 0.717) is 50.7 Å². The van der Waals surface area contributed by atoms with E-state index < -0.39 is 21.0 Å². The zero-order valence-corrected chi connectivity index (χ0v) is 25.4. The lowest BCUT2D eigenvalue weighted by atomic mass is 9.73. The number of ether oxygens (including phenoxy) is 2. The number of benzene rings is 1. The van der Waals surface area contributed by atoms with E-state index in [0.717, 1.165) is 48.1 Å². The second kappa shape index (κ2) is 14.4. The number of nitrogens with one attached hydrogen (secondary N) is 1. The molecule has 0 radical (unpaired) electrons. The molecular formula is C30H45N3O6Si. The Hall–Kier alpha value is -2.50. The van der Waals surface area contributed by atoms with E-state index >= 15 is 0 Å². The number of fused-ring (bicyclic) bond motifs is 4. The zero-order chi connectivity index (χ0) is 28.5. The molecule has 3 aliphatic rings. The summed E-state index contributed by atoms with van der Waals surface area (Å²) in [5.41, 5.74) is 1.79. The third-order valence-corrected chi connectivity index (χ3v) is 11.2. The first-order valence-electron chi connectivity index (χ1n) is 14.6. The van der Waals surface area contributed by atoms with Crippen LogP contribution in [0.2, 0.25) is 6.04 Å². The third kappa shape index (κ3) is 7.03. The lowest BCUT2D eigenvalue weighted by Gasteiger charge is -2.51. The molecule has 5 rings (SSSR count). The summed E-state index contributed by atoms with van der Waals surface area (Å²) in [5, 5.41) is 3.91. The molecule has 3 aliphatic heterocycles. The van der Waals surface area contributed by atoms with Crippen LogP contribution in [-0.4, -0.2) is 77.4 Å². The first kappa shape index (κ1) is 30.5. The van der Waals surface area contributed by atoms with Crippen LogP contribution in [0, 0.1) is 11.8 Å². The summed E-state index contributed by atoms with van der Waals surface area (Å²) < 4.78 is 29.6. The smallest absolute Gasteiger partial charge is 0.497 e. The van der Waals surface area contributed by atoms with Crippen LogP contribution >= 0.6 is 0 Å². The van der Waals surface area contributed by atoms with Gasteiger partial charge in [-0.25, -0.2) is 4.79 Å². The molecule has 3 saturated heterocycles. The summed E-state index contributed by atoms with van der Waals surface area (Å²) >= 11 is 0. The lowest BCUT2D eigenvalue weighted by molar-refractivity contribution is -0.0497. The topological polar surface area (TPSA) is 91.4 Å². The van der Waals surface area contributed by atoms with Gasteiger partial charge in [0.25, 0.3) is 0 Å². The molecule has 40 heavy (non-hydrogen) atoms. The molecule has 1 amide bonds. The average molecular weight is 572 g/mol. The van der Waals surface area contributed by atoms with Crippen molar-refractivity contribution >= 4 is 25.8 Å². The Morgan fingerprint density at radius 3 is 2.58 bits per heavy atom. The number of rotatable bonds is 15. The molecule has 3 fully saturated rings. The summed E-state index contributed by atoms with van der Waals surface area (Å²) in [7, 11) is -1.11. The van der Waals surface area contributed by atoms with E-state index in [1.165, 1.54) is 0 Å². The Morgan fingerprint density at radius 2 is 1.95 bits per heavy atom. The lowest BCUT2D eigenvalue weighted by Crippen LogP contribution is -2.55. The van der Waals surface area contributed by atoms with Crippen LogP contribution in [0.4, 0.5) is 4.79 Å². The number of hydrogen-bond donors (Lipinski definition) is 1. The van der Waals surface area contributed by atoms with Crippen LogP contribution in [0.5, 0.6) is 5.75 Å². The Labute approximate surface area is 239 Å². The third-order valence-electron chi connectivity index (χ3n) is 8.05. The first-order valence-corrected chi connectivity index (χ1v) is 16.6. The predicted octanol–water partition coefficient (Wildman–Crippen LogP) is 5.35. The maximum atomic E-state index is 13.3. The van der Waals surface area contributed by atoms with E-state index in [4.69, 9.17) is 22.8 Å². The first-order chi connectivity index (χ1) is 19.5. The summed E-state index contributed by atoms with van der Waals surface area (Å²) in [6.07, 6.45) is 5.75. The summed E-state index contributed by atoms with van der Waals surface area (Å²) in [5.74, 6) is 1.75. The van der Waals surface area contributed by atoms with Gasteiger partial charge in [-0.05, 0) is 82.7 Å². The van der Waals surface area contributed by atoms with E-state index in [-0.39, 0.29) is 6.04 Å². The molecular weight excluding hydrogens is 526 g/mol. The highest BCUT2D eigenvalue weighted by Crippen LogP contribution is 2.43. The number of hydrogen-bond acceptors (Lipinski definition) is 8. The van der Waals surface area contributed by atoms with E-state index in [1.807, 2.05) is 45.0 Å². The highest BCUT2D eigenvalue weighted by molar-refractivity contribution is 6.60. The molecule has 0 aliphatic carbocycles. The van der Waals surface area contributed by atoms with Gasteiger partial charge in [0, 0.05) is 56.1 Å². The predicted molar refractivity (Wildman–Crippen MR) is 157 cm³/mol. The second-order valence-corrected chi connectivity index (χ2v) is 13.1. The van der Waals surface area contributed by atoms with Crippen molar-refractivity contribution in [1.29, 1.82) is 0 Å². The number of aromatic nitrogens is 1. The Balaban J connectivity index is 1.51. The molecule has 1 aromatic heterocycles. The van der Waals surface area contributed by atoms with Gasteiger partial charge in [-0.15, -0.1) is 6.58 Å². The molecule has 0 saturated carbocycles. The SMILES string of the molecule is C=CC1CN2CCC1CC2[C@H](OC(=O)NCCC[Si](OCC)(OCC)OCC)c1ccnc2ccc(OC)cc12. The molecule has 0 spiro atoms. The number of nitrogens with zero attached hydrogens (tertiary/aromatic N) is 2. The van der Waals surface area contributed by atoms with Crippen molar-refractivity contribution < 1.29 is 27.5 Å². The fraction of sp³-hybridized carbons (Fsp3) is 0.600. The maximum absolute atomic E-state index is 13.3. The number of carbonyl (C=O) groups excluding carboxylic acids is 1. The number of amides is 1. The second-order valence-electron chi connectivity index (χ2n) is 10.4. The summed E-state index contributed by atoms with van der Waals surface area (Å²) in [6.45, 7) is 13.8. The number of alkyl carbamates (subject to hydrolysis) is 1. The molecule has 4 heterocycles. The monoisotopic (exact) mass is 571 g/mol. The number of carbonyl (C=O) groups is 1. The highest BCUT2D eigenvalue weighted by Gasteiger charge is 2.44. The minimum atomic E-state index is -2.76. The molecule has 2 bridgehead atoms. The van der Waals surface area contributed by atoms with E-state index in [1.54, 1.807) is 13.3 Å². The van der Waals surface area contributed by atoms with E-state index in [9.17, 15) is 4.79 Å². The van der Waals surface area contributed by atoms with Gasteiger partial charge in [-0.2, -0.15) is 0 Å². The van der Waals surface area contributed by atoms with Crippen molar-refractivity contribution in [3.63, 3.8) is 0 Å². The molecule has 1 N–H and O–H groups in total. The normalized spacial score (nSPS) is 23.1. The van der Waals surface area contributed by atoms with Crippen LogP contribution < -0.4 is 10.1 Å². The Morgan fingerprint density at radius 1 is 1.20 bits per heavy atom. The molecule has 9 nitrogen and oxygen atoms in total. The van der Waals surface area contributed by atoms with Crippen molar-refractivity contribution in [3.8, 4) is 5.75 Å². The van der Waals surface area contributed by atoms with Crippen LogP contribution in [0.1, 0.15) is 51.7 Å². The minimum Gasteiger partial charge on any atom is -0.497 e. The van der Waals surface area contributed by atoms with Gasteiger partial charge in [-0.3, -0.25) is 9.88 Å². The fourth-order valence-electron chi connectivity index (χ4n) is 6.22. The molecule has 10 heteroatoms.